The van der Waals surface area contributed by atoms with Gasteiger partial charge in [0.2, 0.25) is 0 Å². The molecule has 0 fully saturated rings. The first-order chi connectivity index (χ1) is 8.61. The summed E-state index contributed by atoms with van der Waals surface area (Å²) in [5.74, 6) is -0.311. The van der Waals surface area contributed by atoms with Crippen molar-refractivity contribution < 1.29 is 9.53 Å². The van der Waals surface area contributed by atoms with Crippen LogP contribution in [0.1, 0.15) is 13.3 Å². The third-order valence-corrected chi connectivity index (χ3v) is 2.61. The summed E-state index contributed by atoms with van der Waals surface area (Å²) in [5, 5.41) is 0. The minimum atomic E-state index is -0.311. The highest BCUT2D eigenvalue weighted by atomic mass is 79.9. The highest BCUT2D eigenvalue weighted by molar-refractivity contribution is 9.28. The van der Waals surface area contributed by atoms with Crippen molar-refractivity contribution in [3.63, 3.8) is 0 Å². The van der Waals surface area contributed by atoms with Gasteiger partial charge in [-0.05, 0) is 62.4 Å². The van der Waals surface area contributed by atoms with Gasteiger partial charge in [-0.25, -0.2) is 4.79 Å². The van der Waals surface area contributed by atoms with E-state index in [-0.39, 0.29) is 5.97 Å². The van der Waals surface area contributed by atoms with Gasteiger partial charge in [0.25, 0.3) is 0 Å². The van der Waals surface area contributed by atoms with Crippen molar-refractivity contribution in [2.24, 2.45) is 0 Å². The summed E-state index contributed by atoms with van der Waals surface area (Å²) in [7, 11) is 0. The minimum Gasteiger partial charge on any atom is -0.463 e. The Balaban J connectivity index is 2.71. The Morgan fingerprint density at radius 2 is 2.00 bits per heavy atom. The number of allylic oxidation sites excluding steroid dienone is 8. The SMILES string of the molecule is CCOC(=O)/C=C/C1=CC=CC=C(C=C(Br)Br)C1. The summed E-state index contributed by atoms with van der Waals surface area (Å²) in [6.45, 7) is 2.19. The molecule has 0 heterocycles. The van der Waals surface area contributed by atoms with E-state index in [1.807, 2.05) is 30.4 Å². The zero-order valence-electron chi connectivity index (χ0n) is 10.0. The molecule has 0 bridgehead atoms. The molecule has 0 atom stereocenters. The van der Waals surface area contributed by atoms with Crippen molar-refractivity contribution in [1.29, 1.82) is 0 Å². The van der Waals surface area contributed by atoms with Gasteiger partial charge in [0, 0.05) is 6.08 Å². The molecule has 1 aliphatic carbocycles. The summed E-state index contributed by atoms with van der Waals surface area (Å²) in [4.78, 5) is 11.2. The zero-order valence-corrected chi connectivity index (χ0v) is 13.2. The highest BCUT2D eigenvalue weighted by Crippen LogP contribution is 2.22. The van der Waals surface area contributed by atoms with Crippen LogP contribution >= 0.6 is 31.9 Å². The van der Waals surface area contributed by atoms with Crippen LogP contribution in [0.4, 0.5) is 0 Å². The average molecular weight is 374 g/mol. The Labute approximate surface area is 124 Å². The van der Waals surface area contributed by atoms with Crippen LogP contribution in [0.25, 0.3) is 0 Å². The van der Waals surface area contributed by atoms with E-state index in [1.54, 1.807) is 13.0 Å². The quantitative estimate of drug-likeness (QED) is 0.533. The van der Waals surface area contributed by atoms with Gasteiger partial charge in [-0.15, -0.1) is 0 Å². The number of rotatable bonds is 4. The Hall–Kier alpha value is -0.870. The van der Waals surface area contributed by atoms with E-state index in [1.165, 1.54) is 6.08 Å². The van der Waals surface area contributed by atoms with Gasteiger partial charge in [0.15, 0.2) is 0 Å². The maximum atomic E-state index is 11.2. The molecule has 0 saturated carbocycles. The summed E-state index contributed by atoms with van der Waals surface area (Å²) < 4.78 is 5.74. The first kappa shape index (κ1) is 15.2. The smallest absolute Gasteiger partial charge is 0.330 e. The molecule has 0 aromatic heterocycles. The molecule has 0 radical (unpaired) electrons. The summed E-state index contributed by atoms with van der Waals surface area (Å²) in [6, 6.07) is 0. The van der Waals surface area contributed by atoms with Crippen LogP contribution in [0.2, 0.25) is 0 Å². The molecule has 18 heavy (non-hydrogen) atoms. The fourth-order valence-corrected chi connectivity index (χ4v) is 2.02. The number of carbonyl (C=O) groups excluding carboxylic acids is 1. The Morgan fingerprint density at radius 1 is 1.33 bits per heavy atom. The van der Waals surface area contributed by atoms with Crippen molar-refractivity contribution in [1.82, 2.24) is 0 Å². The van der Waals surface area contributed by atoms with E-state index in [9.17, 15) is 4.79 Å². The van der Waals surface area contributed by atoms with Crippen molar-refractivity contribution >= 4 is 37.8 Å². The second-order valence-electron chi connectivity index (χ2n) is 3.56. The molecule has 2 nitrogen and oxygen atoms in total. The molecule has 0 aromatic carbocycles. The number of ether oxygens (including phenoxy) is 1. The summed E-state index contributed by atoms with van der Waals surface area (Å²) in [5.41, 5.74) is 2.20. The molecule has 0 N–H and O–H groups in total. The summed E-state index contributed by atoms with van der Waals surface area (Å²) >= 11 is 6.68. The topological polar surface area (TPSA) is 26.3 Å². The Morgan fingerprint density at radius 3 is 2.61 bits per heavy atom. The van der Waals surface area contributed by atoms with E-state index >= 15 is 0 Å². The maximum absolute atomic E-state index is 11.2. The van der Waals surface area contributed by atoms with Crippen LogP contribution in [0, 0.1) is 0 Å². The Bertz CT molecular complexity index is 450. The van der Waals surface area contributed by atoms with E-state index in [0.29, 0.717) is 6.61 Å². The van der Waals surface area contributed by atoms with Gasteiger partial charge in [-0.1, -0.05) is 30.4 Å². The van der Waals surface area contributed by atoms with Gasteiger partial charge in [0.1, 0.15) is 0 Å². The van der Waals surface area contributed by atoms with E-state index in [4.69, 9.17) is 4.74 Å². The molecule has 0 unspecified atom stereocenters. The van der Waals surface area contributed by atoms with Crippen molar-refractivity contribution in [3.8, 4) is 0 Å². The summed E-state index contributed by atoms with van der Waals surface area (Å²) in [6.07, 6.45) is 13.9. The first-order valence-electron chi connectivity index (χ1n) is 5.55. The van der Waals surface area contributed by atoms with E-state index in [0.717, 1.165) is 21.0 Å². The molecular formula is C14H14Br2O2. The minimum absolute atomic E-state index is 0.311. The lowest BCUT2D eigenvalue weighted by Crippen LogP contribution is -1.99. The first-order valence-corrected chi connectivity index (χ1v) is 7.14. The zero-order chi connectivity index (χ0) is 13.4. The number of hydrogen-bond acceptors (Lipinski definition) is 2. The molecule has 0 amide bonds. The third kappa shape index (κ3) is 6.17. The molecule has 4 heteroatoms. The van der Waals surface area contributed by atoms with Crippen LogP contribution in [0.3, 0.4) is 0 Å². The van der Waals surface area contributed by atoms with Gasteiger partial charge in [-0.2, -0.15) is 0 Å². The Kier molecular flexibility index (Phi) is 6.98. The van der Waals surface area contributed by atoms with Crippen LogP contribution < -0.4 is 0 Å². The van der Waals surface area contributed by atoms with Crippen molar-refractivity contribution in [2.75, 3.05) is 6.61 Å². The van der Waals surface area contributed by atoms with Crippen LogP contribution in [0.15, 0.2) is 57.1 Å². The fourth-order valence-electron chi connectivity index (χ4n) is 1.43. The lowest BCUT2D eigenvalue weighted by molar-refractivity contribution is -0.137. The molecule has 1 aliphatic rings. The molecule has 1 rings (SSSR count). The second-order valence-corrected chi connectivity index (χ2v) is 6.34. The molecule has 0 aliphatic heterocycles. The second kappa shape index (κ2) is 8.27. The lowest BCUT2D eigenvalue weighted by Gasteiger charge is -2.02. The van der Waals surface area contributed by atoms with Gasteiger partial charge in [0.05, 0.1) is 10.00 Å². The molecule has 0 saturated heterocycles. The molecule has 96 valence electrons. The van der Waals surface area contributed by atoms with Gasteiger partial charge in [-0.3, -0.25) is 0 Å². The normalized spacial score (nSPS) is 14.8. The van der Waals surface area contributed by atoms with Crippen LogP contribution in [0.5, 0.6) is 0 Å². The molecular weight excluding hydrogens is 360 g/mol. The monoisotopic (exact) mass is 372 g/mol. The highest BCUT2D eigenvalue weighted by Gasteiger charge is 2.01. The predicted molar refractivity (Wildman–Crippen MR) is 81.6 cm³/mol. The number of esters is 1. The number of hydrogen-bond donors (Lipinski definition) is 0. The van der Waals surface area contributed by atoms with Gasteiger partial charge >= 0.3 is 5.97 Å². The van der Waals surface area contributed by atoms with Crippen molar-refractivity contribution in [3.05, 3.63) is 57.1 Å². The molecule has 0 aromatic rings. The average Bonchev–Trinajstić information content (AvgIpc) is 2.51. The lowest BCUT2D eigenvalue weighted by atomic mass is 10.1. The predicted octanol–water partition coefficient (Wildman–Crippen LogP) is 4.55. The number of halogens is 2. The van der Waals surface area contributed by atoms with E-state index in [2.05, 4.69) is 31.9 Å². The van der Waals surface area contributed by atoms with Crippen molar-refractivity contribution in [2.45, 2.75) is 13.3 Å². The largest absolute Gasteiger partial charge is 0.463 e. The van der Waals surface area contributed by atoms with Crippen LogP contribution in [-0.2, 0) is 9.53 Å². The van der Waals surface area contributed by atoms with E-state index < -0.39 is 0 Å². The third-order valence-electron chi connectivity index (χ3n) is 2.15. The van der Waals surface area contributed by atoms with Gasteiger partial charge < -0.3 is 4.74 Å². The van der Waals surface area contributed by atoms with Crippen LogP contribution in [-0.4, -0.2) is 12.6 Å². The standard InChI is InChI=1S/C14H14Br2O2/c1-2-18-14(17)8-7-11-5-3-4-6-12(9-11)10-13(15)16/h3-8,10H,2,9H2,1H3/b8-7+. The fraction of sp³-hybridized carbons (Fsp3) is 0.214. The maximum Gasteiger partial charge on any atom is 0.330 e. The molecule has 0 spiro atoms. The number of carbonyl (C=O) groups is 1.